The first-order valence-corrected chi connectivity index (χ1v) is 6.94. The first-order valence-electron chi connectivity index (χ1n) is 6.56. The standard InChI is InChI=1S/C14H20ClNO4/c1-10(8-17-2)20-11-6-12(16-13(15)7-11)14(18-3)4-5-19-9-14/h6-7,10H,4-5,8-9H2,1-3H3. The number of nitrogens with zero attached hydrogens (tertiary/aromatic N) is 1. The molecule has 1 aliphatic heterocycles. The quantitative estimate of drug-likeness (QED) is 0.755. The minimum atomic E-state index is -0.534. The van der Waals surface area contributed by atoms with Crippen molar-refractivity contribution in [2.75, 3.05) is 34.0 Å². The van der Waals surface area contributed by atoms with E-state index >= 15 is 0 Å². The average Bonchev–Trinajstić information content (AvgIpc) is 2.88. The second kappa shape index (κ2) is 6.72. The van der Waals surface area contributed by atoms with Crippen LogP contribution in [0.4, 0.5) is 0 Å². The number of methoxy groups -OCH3 is 2. The van der Waals surface area contributed by atoms with Crippen molar-refractivity contribution in [1.82, 2.24) is 4.98 Å². The van der Waals surface area contributed by atoms with Crippen LogP contribution < -0.4 is 4.74 Å². The smallest absolute Gasteiger partial charge is 0.135 e. The highest BCUT2D eigenvalue weighted by Crippen LogP contribution is 2.35. The van der Waals surface area contributed by atoms with Gasteiger partial charge in [-0.15, -0.1) is 0 Å². The lowest BCUT2D eigenvalue weighted by molar-refractivity contribution is -0.0248. The highest BCUT2D eigenvalue weighted by atomic mass is 35.5. The van der Waals surface area contributed by atoms with Gasteiger partial charge in [-0.05, 0) is 6.92 Å². The normalized spacial score (nSPS) is 23.8. The molecule has 1 aliphatic rings. The molecule has 5 nitrogen and oxygen atoms in total. The van der Waals surface area contributed by atoms with Crippen molar-refractivity contribution in [2.24, 2.45) is 0 Å². The Morgan fingerprint density at radius 3 is 2.85 bits per heavy atom. The van der Waals surface area contributed by atoms with E-state index in [1.54, 1.807) is 20.3 Å². The van der Waals surface area contributed by atoms with Crippen molar-refractivity contribution >= 4 is 11.6 Å². The minimum absolute atomic E-state index is 0.0651. The Balaban J connectivity index is 2.24. The van der Waals surface area contributed by atoms with Gasteiger partial charge in [-0.1, -0.05) is 11.6 Å². The predicted molar refractivity (Wildman–Crippen MR) is 75.3 cm³/mol. The summed E-state index contributed by atoms with van der Waals surface area (Å²) < 4.78 is 21.9. The van der Waals surface area contributed by atoms with Gasteiger partial charge in [-0.3, -0.25) is 0 Å². The summed E-state index contributed by atoms with van der Waals surface area (Å²) in [5, 5.41) is 0.380. The number of hydrogen-bond acceptors (Lipinski definition) is 5. The molecule has 6 heteroatoms. The van der Waals surface area contributed by atoms with Crippen molar-refractivity contribution in [2.45, 2.75) is 25.0 Å². The third-order valence-corrected chi connectivity index (χ3v) is 3.54. The van der Waals surface area contributed by atoms with Gasteiger partial charge in [0, 0.05) is 39.4 Å². The lowest BCUT2D eigenvalue weighted by Gasteiger charge is -2.26. The highest BCUT2D eigenvalue weighted by molar-refractivity contribution is 6.29. The Labute approximate surface area is 124 Å². The van der Waals surface area contributed by atoms with Crippen LogP contribution in [-0.2, 0) is 19.8 Å². The van der Waals surface area contributed by atoms with Gasteiger partial charge in [-0.25, -0.2) is 4.98 Å². The maximum atomic E-state index is 6.09. The molecule has 0 N–H and O–H groups in total. The van der Waals surface area contributed by atoms with Gasteiger partial charge in [-0.2, -0.15) is 0 Å². The molecule has 2 heterocycles. The molecule has 0 radical (unpaired) electrons. The summed E-state index contributed by atoms with van der Waals surface area (Å²) in [7, 11) is 3.30. The molecule has 1 aromatic rings. The summed E-state index contributed by atoms with van der Waals surface area (Å²) in [5.41, 5.74) is 0.206. The summed E-state index contributed by atoms with van der Waals surface area (Å²) in [6.07, 6.45) is 0.689. The number of rotatable bonds is 6. The lowest BCUT2D eigenvalue weighted by atomic mass is 9.98. The summed E-state index contributed by atoms with van der Waals surface area (Å²) in [6, 6.07) is 3.55. The molecule has 0 aliphatic carbocycles. The lowest BCUT2D eigenvalue weighted by Crippen LogP contribution is -2.30. The number of ether oxygens (including phenoxy) is 4. The van der Waals surface area contributed by atoms with E-state index in [1.807, 2.05) is 13.0 Å². The SMILES string of the molecule is COCC(C)Oc1cc(Cl)nc(C2(OC)CCOC2)c1. The maximum absolute atomic E-state index is 6.09. The van der Waals surface area contributed by atoms with E-state index in [-0.39, 0.29) is 6.10 Å². The van der Waals surface area contributed by atoms with Crippen molar-refractivity contribution in [3.63, 3.8) is 0 Å². The van der Waals surface area contributed by atoms with Gasteiger partial charge in [0.2, 0.25) is 0 Å². The van der Waals surface area contributed by atoms with E-state index in [1.165, 1.54) is 0 Å². The molecule has 0 spiro atoms. The topological polar surface area (TPSA) is 49.8 Å². The molecule has 1 aromatic heterocycles. The fourth-order valence-electron chi connectivity index (χ4n) is 2.29. The zero-order valence-electron chi connectivity index (χ0n) is 12.0. The van der Waals surface area contributed by atoms with Crippen LogP contribution >= 0.6 is 11.6 Å². The summed E-state index contributed by atoms with van der Waals surface area (Å²) in [5.74, 6) is 0.660. The van der Waals surface area contributed by atoms with Crippen molar-refractivity contribution in [1.29, 1.82) is 0 Å². The van der Waals surface area contributed by atoms with E-state index in [0.29, 0.717) is 30.7 Å². The van der Waals surface area contributed by atoms with Crippen molar-refractivity contribution in [3.05, 3.63) is 23.0 Å². The zero-order chi connectivity index (χ0) is 14.6. The summed E-state index contributed by atoms with van der Waals surface area (Å²) >= 11 is 6.09. The molecule has 2 rings (SSSR count). The molecular weight excluding hydrogens is 282 g/mol. The number of halogens is 1. The molecule has 112 valence electrons. The van der Waals surface area contributed by atoms with Crippen molar-refractivity contribution < 1.29 is 18.9 Å². The van der Waals surface area contributed by atoms with Gasteiger partial charge < -0.3 is 18.9 Å². The van der Waals surface area contributed by atoms with Crippen LogP contribution in [0.2, 0.25) is 5.15 Å². The Hall–Kier alpha value is -0.880. The monoisotopic (exact) mass is 301 g/mol. The summed E-state index contributed by atoms with van der Waals surface area (Å²) in [4.78, 5) is 4.36. The molecule has 20 heavy (non-hydrogen) atoms. The molecule has 2 unspecified atom stereocenters. The van der Waals surface area contributed by atoms with Crippen LogP contribution in [0.25, 0.3) is 0 Å². The van der Waals surface area contributed by atoms with E-state index in [0.717, 1.165) is 12.1 Å². The molecule has 0 saturated carbocycles. The average molecular weight is 302 g/mol. The Morgan fingerprint density at radius 2 is 2.25 bits per heavy atom. The van der Waals surface area contributed by atoms with Crippen LogP contribution in [0, 0.1) is 0 Å². The third-order valence-electron chi connectivity index (χ3n) is 3.35. The van der Waals surface area contributed by atoms with Gasteiger partial charge >= 0.3 is 0 Å². The van der Waals surface area contributed by atoms with Gasteiger partial charge in [0.25, 0.3) is 0 Å². The minimum Gasteiger partial charge on any atom is -0.488 e. The van der Waals surface area contributed by atoms with Crippen LogP contribution in [0.15, 0.2) is 12.1 Å². The van der Waals surface area contributed by atoms with Crippen LogP contribution in [-0.4, -0.2) is 45.1 Å². The Kier molecular flexibility index (Phi) is 5.21. The fourth-order valence-corrected chi connectivity index (χ4v) is 2.49. The molecular formula is C14H20ClNO4. The largest absolute Gasteiger partial charge is 0.488 e. The van der Waals surface area contributed by atoms with Crippen LogP contribution in [0.3, 0.4) is 0 Å². The van der Waals surface area contributed by atoms with E-state index < -0.39 is 5.60 Å². The van der Waals surface area contributed by atoms with Gasteiger partial charge in [0.15, 0.2) is 0 Å². The molecule has 0 amide bonds. The van der Waals surface area contributed by atoms with Gasteiger partial charge in [0.05, 0.1) is 18.9 Å². The highest BCUT2D eigenvalue weighted by Gasteiger charge is 2.38. The number of aromatic nitrogens is 1. The number of hydrogen-bond donors (Lipinski definition) is 0. The second-order valence-corrected chi connectivity index (χ2v) is 5.28. The Bertz CT molecular complexity index is 449. The molecule has 2 atom stereocenters. The molecule has 1 saturated heterocycles. The summed E-state index contributed by atoms with van der Waals surface area (Å²) in [6.45, 7) is 3.57. The molecule has 0 aromatic carbocycles. The maximum Gasteiger partial charge on any atom is 0.135 e. The van der Waals surface area contributed by atoms with E-state index in [4.69, 9.17) is 30.5 Å². The van der Waals surface area contributed by atoms with E-state index in [2.05, 4.69) is 4.98 Å². The predicted octanol–water partition coefficient (Wildman–Crippen LogP) is 2.41. The first-order chi connectivity index (χ1) is 9.59. The van der Waals surface area contributed by atoms with Crippen LogP contribution in [0.5, 0.6) is 5.75 Å². The first kappa shape index (κ1) is 15.5. The number of pyridine rings is 1. The molecule has 1 fully saturated rings. The van der Waals surface area contributed by atoms with Gasteiger partial charge in [0.1, 0.15) is 22.6 Å². The Morgan fingerprint density at radius 1 is 1.45 bits per heavy atom. The van der Waals surface area contributed by atoms with Crippen molar-refractivity contribution in [3.8, 4) is 5.75 Å². The van der Waals surface area contributed by atoms with Crippen LogP contribution in [0.1, 0.15) is 19.0 Å². The third kappa shape index (κ3) is 3.41. The second-order valence-electron chi connectivity index (χ2n) is 4.90. The zero-order valence-corrected chi connectivity index (χ0v) is 12.8. The van der Waals surface area contributed by atoms with E-state index in [9.17, 15) is 0 Å². The fraction of sp³-hybridized carbons (Fsp3) is 0.643. The molecule has 0 bridgehead atoms.